The van der Waals surface area contributed by atoms with E-state index in [9.17, 15) is 9.59 Å². The van der Waals surface area contributed by atoms with Gasteiger partial charge in [-0.1, -0.05) is 30.6 Å². The van der Waals surface area contributed by atoms with Crippen molar-refractivity contribution in [2.24, 2.45) is 0 Å². The molecule has 2 aliphatic rings. The van der Waals surface area contributed by atoms with E-state index in [1.165, 1.54) is 43.4 Å². The number of anilines is 2. The van der Waals surface area contributed by atoms with E-state index in [1.54, 1.807) is 9.80 Å². The van der Waals surface area contributed by atoms with Crippen LogP contribution in [0.1, 0.15) is 51.4 Å². The summed E-state index contributed by atoms with van der Waals surface area (Å²) < 4.78 is 0. The molecule has 1 aromatic heterocycles. The third-order valence-electron chi connectivity index (χ3n) is 5.62. The lowest BCUT2D eigenvalue weighted by atomic mass is 9.94. The Kier molecular flexibility index (Phi) is 7.61. The molecule has 0 spiro atoms. The van der Waals surface area contributed by atoms with Crippen molar-refractivity contribution in [3.63, 3.8) is 0 Å². The lowest BCUT2D eigenvalue weighted by molar-refractivity contribution is -0.119. The summed E-state index contributed by atoms with van der Waals surface area (Å²) in [5, 5.41) is 12.5. The number of rotatable bonds is 9. The van der Waals surface area contributed by atoms with Gasteiger partial charge in [0.05, 0.1) is 6.54 Å². The number of carbonyl (C=O) groups excluding carboxylic acids is 2. The zero-order valence-electron chi connectivity index (χ0n) is 17.0. The van der Waals surface area contributed by atoms with Gasteiger partial charge < -0.3 is 15.1 Å². The Bertz CT molecular complexity index is 661. The second-order valence-electron chi connectivity index (χ2n) is 7.85. The molecule has 0 aromatic carbocycles. The first-order valence-corrected chi connectivity index (χ1v) is 11.2. The van der Waals surface area contributed by atoms with Gasteiger partial charge in [-0.15, -0.1) is 10.2 Å². The minimum absolute atomic E-state index is 0.0168. The van der Waals surface area contributed by atoms with Gasteiger partial charge in [0, 0.05) is 32.6 Å². The van der Waals surface area contributed by atoms with Crippen molar-refractivity contribution in [1.29, 1.82) is 0 Å². The number of carbonyl (C=O) groups is 2. The third-order valence-corrected chi connectivity index (χ3v) is 6.68. The Morgan fingerprint density at radius 2 is 2.00 bits per heavy atom. The van der Waals surface area contributed by atoms with E-state index in [1.807, 2.05) is 7.05 Å². The first-order chi connectivity index (χ1) is 13.5. The highest BCUT2D eigenvalue weighted by Gasteiger charge is 2.25. The van der Waals surface area contributed by atoms with Crippen molar-refractivity contribution in [2.75, 3.05) is 50.1 Å². The average molecular weight is 409 g/mol. The van der Waals surface area contributed by atoms with Gasteiger partial charge in [-0.2, -0.15) is 0 Å². The quantitative estimate of drug-likeness (QED) is 0.628. The smallest absolute Gasteiger partial charge is 0.239 e. The number of aromatic nitrogens is 2. The van der Waals surface area contributed by atoms with E-state index in [0.29, 0.717) is 35.8 Å². The lowest BCUT2D eigenvalue weighted by Gasteiger charge is -2.31. The molecule has 156 valence electrons. The van der Waals surface area contributed by atoms with E-state index >= 15 is 0 Å². The number of likely N-dealkylation sites (N-methyl/N-ethyl adjacent to an activating group) is 1. The summed E-state index contributed by atoms with van der Waals surface area (Å²) in [5.41, 5.74) is 0. The molecule has 1 N–H and O–H groups in total. The maximum absolute atomic E-state index is 12.2. The van der Waals surface area contributed by atoms with E-state index in [-0.39, 0.29) is 18.4 Å². The molecule has 1 aliphatic carbocycles. The Morgan fingerprint density at radius 3 is 2.71 bits per heavy atom. The van der Waals surface area contributed by atoms with Crippen molar-refractivity contribution < 1.29 is 9.59 Å². The minimum Gasteiger partial charge on any atom is -0.355 e. The molecule has 2 heterocycles. The number of hydrogen-bond donors (Lipinski definition) is 1. The van der Waals surface area contributed by atoms with Gasteiger partial charge in [-0.25, -0.2) is 0 Å². The fraction of sp³-hybridized carbons (Fsp3) is 0.789. The molecule has 0 radical (unpaired) electrons. The van der Waals surface area contributed by atoms with Crippen LogP contribution < -0.4 is 15.1 Å². The van der Waals surface area contributed by atoms with Gasteiger partial charge in [0.1, 0.15) is 0 Å². The molecule has 28 heavy (non-hydrogen) atoms. The molecule has 1 saturated heterocycles. The zero-order chi connectivity index (χ0) is 19.9. The SMILES string of the molecule is CN(CC(=O)NCCCN(C)C1CCCCC1)c1nnc(N2CCCC2=O)s1. The van der Waals surface area contributed by atoms with Crippen LogP contribution in [0, 0.1) is 0 Å². The topological polar surface area (TPSA) is 81.7 Å². The summed E-state index contributed by atoms with van der Waals surface area (Å²) in [7, 11) is 4.02. The van der Waals surface area contributed by atoms with Crippen LogP contribution in [0.2, 0.25) is 0 Å². The van der Waals surface area contributed by atoms with Crippen molar-refractivity contribution in [1.82, 2.24) is 20.4 Å². The number of hydrogen-bond acceptors (Lipinski definition) is 7. The van der Waals surface area contributed by atoms with Gasteiger partial charge in [0.25, 0.3) is 0 Å². The molecule has 3 rings (SSSR count). The third kappa shape index (κ3) is 5.64. The zero-order valence-corrected chi connectivity index (χ0v) is 17.8. The van der Waals surface area contributed by atoms with Crippen LogP contribution >= 0.6 is 11.3 Å². The number of nitrogens with zero attached hydrogens (tertiary/aromatic N) is 5. The first kappa shape index (κ1) is 21.0. The molecule has 0 unspecified atom stereocenters. The summed E-state index contributed by atoms with van der Waals surface area (Å²) in [4.78, 5) is 29.9. The summed E-state index contributed by atoms with van der Waals surface area (Å²) in [6.45, 7) is 2.64. The van der Waals surface area contributed by atoms with E-state index in [0.717, 1.165) is 19.4 Å². The fourth-order valence-electron chi connectivity index (χ4n) is 3.92. The van der Waals surface area contributed by atoms with Crippen LogP contribution in [0.3, 0.4) is 0 Å². The Hall–Kier alpha value is -1.74. The van der Waals surface area contributed by atoms with Crippen molar-refractivity contribution >= 4 is 33.4 Å². The Morgan fingerprint density at radius 1 is 1.21 bits per heavy atom. The van der Waals surface area contributed by atoms with Gasteiger partial charge in [-0.05, 0) is 39.3 Å². The van der Waals surface area contributed by atoms with Crippen LogP contribution in [0.15, 0.2) is 0 Å². The molecule has 1 aromatic rings. The van der Waals surface area contributed by atoms with Crippen LogP contribution in [0.25, 0.3) is 0 Å². The molecule has 2 amide bonds. The maximum atomic E-state index is 12.2. The molecule has 8 nitrogen and oxygen atoms in total. The second-order valence-corrected chi connectivity index (χ2v) is 8.78. The normalized spacial score (nSPS) is 18.1. The molecule has 0 bridgehead atoms. The summed E-state index contributed by atoms with van der Waals surface area (Å²) >= 11 is 1.35. The summed E-state index contributed by atoms with van der Waals surface area (Å²) in [6.07, 6.45) is 9.07. The van der Waals surface area contributed by atoms with Crippen LogP contribution in [0.5, 0.6) is 0 Å². The number of amides is 2. The highest BCUT2D eigenvalue weighted by molar-refractivity contribution is 7.19. The lowest BCUT2D eigenvalue weighted by Crippen LogP contribution is -2.38. The molecule has 1 aliphatic heterocycles. The molecule has 9 heteroatoms. The molecular weight excluding hydrogens is 376 g/mol. The number of nitrogens with one attached hydrogen (secondary N) is 1. The standard InChI is InChI=1S/C19H32N6O2S/c1-23(15-8-4-3-5-9-15)12-7-11-20-16(26)14-24(2)18-21-22-19(28-18)25-13-6-10-17(25)27/h15H,3-14H2,1-2H3,(H,20,26). The summed E-state index contributed by atoms with van der Waals surface area (Å²) in [6, 6.07) is 0.713. The first-order valence-electron chi connectivity index (χ1n) is 10.4. The van der Waals surface area contributed by atoms with Crippen LogP contribution in [-0.4, -0.2) is 73.2 Å². The van der Waals surface area contributed by atoms with Gasteiger partial charge in [0.2, 0.25) is 22.1 Å². The van der Waals surface area contributed by atoms with E-state index < -0.39 is 0 Å². The Balaban J connectivity index is 1.35. The fourth-order valence-corrected chi connectivity index (χ4v) is 4.77. The predicted octanol–water partition coefficient (Wildman–Crippen LogP) is 1.87. The highest BCUT2D eigenvalue weighted by atomic mass is 32.1. The Labute approximate surface area is 171 Å². The second kappa shape index (κ2) is 10.2. The minimum atomic E-state index is -0.0168. The van der Waals surface area contributed by atoms with E-state index in [4.69, 9.17) is 0 Å². The largest absolute Gasteiger partial charge is 0.355 e. The monoisotopic (exact) mass is 408 g/mol. The van der Waals surface area contributed by atoms with Crippen molar-refractivity contribution in [2.45, 2.75) is 57.4 Å². The van der Waals surface area contributed by atoms with Gasteiger partial charge in [-0.3, -0.25) is 14.5 Å². The van der Waals surface area contributed by atoms with Gasteiger partial charge >= 0.3 is 0 Å². The van der Waals surface area contributed by atoms with E-state index in [2.05, 4.69) is 27.5 Å². The van der Waals surface area contributed by atoms with Crippen LogP contribution in [0.4, 0.5) is 10.3 Å². The van der Waals surface area contributed by atoms with Crippen LogP contribution in [-0.2, 0) is 9.59 Å². The van der Waals surface area contributed by atoms with Crippen molar-refractivity contribution in [3.05, 3.63) is 0 Å². The molecule has 1 saturated carbocycles. The molecule has 2 fully saturated rings. The predicted molar refractivity (Wildman–Crippen MR) is 112 cm³/mol. The van der Waals surface area contributed by atoms with Gasteiger partial charge in [0.15, 0.2) is 0 Å². The molecular formula is C19H32N6O2S. The average Bonchev–Trinajstić information content (AvgIpc) is 3.34. The molecule has 0 atom stereocenters. The summed E-state index contributed by atoms with van der Waals surface area (Å²) in [5.74, 6) is 0.0816. The maximum Gasteiger partial charge on any atom is 0.239 e. The van der Waals surface area contributed by atoms with Crippen molar-refractivity contribution in [3.8, 4) is 0 Å². The highest BCUT2D eigenvalue weighted by Crippen LogP contribution is 2.29.